The molecule has 3 aromatic rings. The zero-order chi connectivity index (χ0) is 21.5. The molecule has 0 spiro atoms. The van der Waals surface area contributed by atoms with Crippen LogP contribution in [0.5, 0.6) is 0 Å². The van der Waals surface area contributed by atoms with Crippen molar-refractivity contribution in [3.05, 3.63) is 119 Å². The fraction of sp³-hybridized carbons (Fsp3) is 0.250. The van der Waals surface area contributed by atoms with Crippen molar-refractivity contribution in [2.45, 2.75) is 25.3 Å². The molecular formula is C28H29NO2. The lowest BCUT2D eigenvalue weighted by Crippen LogP contribution is -2.50. The molecule has 3 nitrogen and oxygen atoms in total. The number of ether oxygens (including phenoxy) is 1. The first kappa shape index (κ1) is 21.1. The average molecular weight is 412 g/mol. The molecule has 0 N–H and O–H groups in total. The minimum absolute atomic E-state index is 0.246. The summed E-state index contributed by atoms with van der Waals surface area (Å²) >= 11 is 0. The van der Waals surface area contributed by atoms with Gasteiger partial charge in [-0.3, -0.25) is 4.90 Å². The van der Waals surface area contributed by atoms with Crippen LogP contribution in [0.1, 0.15) is 36.5 Å². The summed E-state index contributed by atoms with van der Waals surface area (Å²) in [5.74, 6) is -0.246. The summed E-state index contributed by atoms with van der Waals surface area (Å²) in [4.78, 5) is 14.7. The lowest BCUT2D eigenvalue weighted by atomic mass is 9.74. The molecule has 0 bridgehead atoms. The highest BCUT2D eigenvalue weighted by Gasteiger charge is 2.42. The Bertz CT molecular complexity index is 916. The standard InChI is InChI=1S/C28H29NO2/c1-2-31-27(30)21-23-13-12-20-29(22-23)28(24-14-6-3-7-15-24,25-16-8-4-9-17-25)26-18-10-5-11-19-26/h3-11,14-19,21H,2,12-13,20,22H2,1H3. The van der Waals surface area contributed by atoms with Crippen molar-refractivity contribution >= 4 is 5.97 Å². The van der Waals surface area contributed by atoms with Gasteiger partial charge in [0.25, 0.3) is 0 Å². The van der Waals surface area contributed by atoms with E-state index in [4.69, 9.17) is 4.74 Å². The van der Waals surface area contributed by atoms with Gasteiger partial charge < -0.3 is 4.74 Å². The first-order valence-corrected chi connectivity index (χ1v) is 11.0. The molecule has 1 heterocycles. The van der Waals surface area contributed by atoms with Gasteiger partial charge in [-0.2, -0.15) is 0 Å². The predicted octanol–water partition coefficient (Wildman–Crippen LogP) is 5.56. The van der Waals surface area contributed by atoms with Crippen molar-refractivity contribution in [3.63, 3.8) is 0 Å². The van der Waals surface area contributed by atoms with Gasteiger partial charge in [0.1, 0.15) is 0 Å². The maximum absolute atomic E-state index is 12.2. The highest BCUT2D eigenvalue weighted by atomic mass is 16.5. The van der Waals surface area contributed by atoms with Crippen LogP contribution in [0.25, 0.3) is 0 Å². The topological polar surface area (TPSA) is 29.5 Å². The minimum Gasteiger partial charge on any atom is -0.463 e. The van der Waals surface area contributed by atoms with Crippen LogP contribution in [0.2, 0.25) is 0 Å². The SMILES string of the molecule is CCOC(=O)C=C1CCCN(C(c2ccccc2)(c2ccccc2)c2ccccc2)C1. The van der Waals surface area contributed by atoms with Crippen molar-refractivity contribution in [2.24, 2.45) is 0 Å². The Morgan fingerprint density at radius 2 is 1.35 bits per heavy atom. The van der Waals surface area contributed by atoms with Gasteiger partial charge in [-0.25, -0.2) is 4.79 Å². The molecule has 3 heteroatoms. The number of benzene rings is 3. The third kappa shape index (κ3) is 4.33. The molecule has 0 amide bonds. The van der Waals surface area contributed by atoms with E-state index in [0.29, 0.717) is 6.61 Å². The molecule has 0 saturated carbocycles. The van der Waals surface area contributed by atoms with Crippen LogP contribution in [0.4, 0.5) is 0 Å². The zero-order valence-electron chi connectivity index (χ0n) is 18.0. The van der Waals surface area contributed by atoms with E-state index in [9.17, 15) is 4.79 Å². The number of carbonyl (C=O) groups is 1. The van der Waals surface area contributed by atoms with Crippen molar-refractivity contribution in [1.29, 1.82) is 0 Å². The van der Waals surface area contributed by atoms with Gasteiger partial charge in [0.2, 0.25) is 0 Å². The predicted molar refractivity (Wildman–Crippen MR) is 125 cm³/mol. The maximum atomic E-state index is 12.2. The van der Waals surface area contributed by atoms with Crippen LogP contribution in [0.15, 0.2) is 103 Å². The molecule has 1 fully saturated rings. The van der Waals surface area contributed by atoms with E-state index < -0.39 is 5.54 Å². The van der Waals surface area contributed by atoms with E-state index in [2.05, 4.69) is 95.9 Å². The van der Waals surface area contributed by atoms with E-state index in [1.807, 2.05) is 6.92 Å². The highest BCUT2D eigenvalue weighted by molar-refractivity contribution is 5.82. The summed E-state index contributed by atoms with van der Waals surface area (Å²) in [5.41, 5.74) is 4.36. The molecule has 1 aliphatic rings. The zero-order valence-corrected chi connectivity index (χ0v) is 18.0. The molecule has 1 aliphatic heterocycles. The van der Waals surface area contributed by atoms with E-state index in [0.717, 1.165) is 31.5 Å². The normalized spacial score (nSPS) is 16.2. The van der Waals surface area contributed by atoms with Gasteiger partial charge in [0, 0.05) is 19.2 Å². The van der Waals surface area contributed by atoms with Crippen molar-refractivity contribution in [2.75, 3.05) is 19.7 Å². The Morgan fingerprint density at radius 1 is 0.871 bits per heavy atom. The summed E-state index contributed by atoms with van der Waals surface area (Å²) in [5, 5.41) is 0. The Morgan fingerprint density at radius 3 is 1.81 bits per heavy atom. The fourth-order valence-electron chi connectivity index (χ4n) is 4.74. The summed E-state index contributed by atoms with van der Waals surface area (Å²) in [6.45, 7) is 3.90. The molecule has 0 aliphatic carbocycles. The lowest BCUT2D eigenvalue weighted by molar-refractivity contribution is -0.137. The fourth-order valence-corrected chi connectivity index (χ4v) is 4.74. The largest absolute Gasteiger partial charge is 0.463 e. The van der Waals surface area contributed by atoms with E-state index in [1.54, 1.807) is 6.08 Å². The molecule has 158 valence electrons. The third-order valence-electron chi connectivity index (χ3n) is 5.98. The van der Waals surface area contributed by atoms with Gasteiger partial charge in [-0.15, -0.1) is 0 Å². The number of esters is 1. The van der Waals surface area contributed by atoms with E-state index >= 15 is 0 Å². The van der Waals surface area contributed by atoms with Crippen LogP contribution in [0, 0.1) is 0 Å². The molecule has 0 radical (unpaired) electrons. The Hall–Kier alpha value is -3.17. The number of rotatable bonds is 6. The molecule has 0 atom stereocenters. The van der Waals surface area contributed by atoms with Crippen molar-refractivity contribution in [1.82, 2.24) is 4.90 Å². The monoisotopic (exact) mass is 411 g/mol. The summed E-state index contributed by atoms with van der Waals surface area (Å²) in [7, 11) is 0. The van der Waals surface area contributed by atoms with Crippen LogP contribution in [0.3, 0.4) is 0 Å². The quantitative estimate of drug-likeness (QED) is 0.302. The molecule has 0 aromatic heterocycles. The molecule has 3 aromatic carbocycles. The Labute approximate surface area is 185 Å². The second-order valence-electron chi connectivity index (χ2n) is 7.89. The highest BCUT2D eigenvalue weighted by Crippen LogP contribution is 2.44. The molecule has 31 heavy (non-hydrogen) atoms. The first-order chi connectivity index (χ1) is 15.2. The molecule has 0 unspecified atom stereocenters. The first-order valence-electron chi connectivity index (χ1n) is 11.0. The summed E-state index contributed by atoms with van der Waals surface area (Å²) < 4.78 is 5.19. The second-order valence-corrected chi connectivity index (χ2v) is 7.89. The van der Waals surface area contributed by atoms with Crippen LogP contribution in [-0.2, 0) is 15.1 Å². The third-order valence-corrected chi connectivity index (χ3v) is 5.98. The smallest absolute Gasteiger partial charge is 0.330 e. The van der Waals surface area contributed by atoms with Gasteiger partial charge in [0.05, 0.1) is 12.1 Å². The van der Waals surface area contributed by atoms with Crippen molar-refractivity contribution < 1.29 is 9.53 Å². The number of carbonyl (C=O) groups excluding carboxylic acids is 1. The molecular weight excluding hydrogens is 382 g/mol. The van der Waals surface area contributed by atoms with Gasteiger partial charge >= 0.3 is 5.97 Å². The van der Waals surface area contributed by atoms with E-state index in [-0.39, 0.29) is 5.97 Å². The summed E-state index contributed by atoms with van der Waals surface area (Å²) in [6, 6.07) is 32.1. The minimum atomic E-state index is -0.446. The van der Waals surface area contributed by atoms with Gasteiger partial charge in [0.15, 0.2) is 0 Å². The van der Waals surface area contributed by atoms with Crippen LogP contribution < -0.4 is 0 Å². The van der Waals surface area contributed by atoms with E-state index in [1.165, 1.54) is 16.7 Å². The molecule has 1 saturated heterocycles. The Kier molecular flexibility index (Phi) is 6.63. The second kappa shape index (κ2) is 9.76. The number of likely N-dealkylation sites (tertiary alicyclic amines) is 1. The van der Waals surface area contributed by atoms with Crippen LogP contribution in [-0.4, -0.2) is 30.6 Å². The van der Waals surface area contributed by atoms with Crippen LogP contribution >= 0.6 is 0 Å². The van der Waals surface area contributed by atoms with Gasteiger partial charge in [-0.1, -0.05) is 91.0 Å². The number of nitrogens with zero attached hydrogens (tertiary/aromatic N) is 1. The average Bonchev–Trinajstić information content (AvgIpc) is 2.82. The van der Waals surface area contributed by atoms with Crippen molar-refractivity contribution in [3.8, 4) is 0 Å². The maximum Gasteiger partial charge on any atom is 0.330 e. The lowest BCUT2D eigenvalue weighted by Gasteiger charge is -2.47. The summed E-state index contributed by atoms with van der Waals surface area (Å²) in [6.07, 6.45) is 3.62. The number of piperidine rings is 1. The van der Waals surface area contributed by atoms with Gasteiger partial charge in [-0.05, 0) is 42.0 Å². The Balaban J connectivity index is 1.89. The number of hydrogen-bond donors (Lipinski definition) is 0. The molecule has 4 rings (SSSR count). The number of hydrogen-bond acceptors (Lipinski definition) is 3.